The van der Waals surface area contributed by atoms with Gasteiger partial charge in [0.1, 0.15) is 0 Å². The zero-order chi connectivity index (χ0) is 13.0. The highest BCUT2D eigenvalue weighted by atomic mass is 35.5. The minimum absolute atomic E-state index is 0.0654. The third kappa shape index (κ3) is 3.45. The molecule has 2 heterocycles. The summed E-state index contributed by atoms with van der Waals surface area (Å²) in [4.78, 5) is 2.13. The van der Waals surface area contributed by atoms with Crippen molar-refractivity contribution in [1.29, 1.82) is 0 Å². The summed E-state index contributed by atoms with van der Waals surface area (Å²) in [7, 11) is 0. The van der Waals surface area contributed by atoms with Crippen LogP contribution in [0.2, 0.25) is 10.3 Å². The lowest BCUT2D eigenvalue weighted by molar-refractivity contribution is 0.0159. The lowest BCUT2D eigenvalue weighted by Gasteiger charge is -2.33. The van der Waals surface area contributed by atoms with Gasteiger partial charge >= 0.3 is 0 Å². The lowest BCUT2D eigenvalue weighted by Crippen LogP contribution is -2.37. The number of hydrogen-bond acceptors (Lipinski definition) is 5. The van der Waals surface area contributed by atoms with Crippen LogP contribution >= 0.6 is 23.2 Å². The van der Waals surface area contributed by atoms with Crippen LogP contribution < -0.4 is 4.90 Å². The van der Waals surface area contributed by atoms with Crippen molar-refractivity contribution in [2.45, 2.75) is 18.9 Å². The molecule has 1 aliphatic rings. The fourth-order valence-corrected chi connectivity index (χ4v) is 2.40. The van der Waals surface area contributed by atoms with E-state index in [-0.39, 0.29) is 12.7 Å². The van der Waals surface area contributed by atoms with Gasteiger partial charge in [-0.3, -0.25) is 0 Å². The van der Waals surface area contributed by atoms with Gasteiger partial charge < -0.3 is 14.7 Å². The van der Waals surface area contributed by atoms with Crippen LogP contribution in [0.15, 0.2) is 6.07 Å². The standard InChI is InChI=1S/C11H15Cl2N3O2/c12-10-7-9(11(13)15-14-10)16-3-1-8(2-4-16)18-6-5-17/h7-8,17H,1-6H2. The van der Waals surface area contributed by atoms with Gasteiger partial charge in [0, 0.05) is 19.2 Å². The van der Waals surface area contributed by atoms with E-state index in [1.807, 2.05) is 0 Å². The molecule has 18 heavy (non-hydrogen) atoms. The molecule has 1 N–H and O–H groups in total. The highest BCUT2D eigenvalue weighted by molar-refractivity contribution is 6.33. The summed E-state index contributed by atoms with van der Waals surface area (Å²) in [6.45, 7) is 2.12. The highest BCUT2D eigenvalue weighted by Gasteiger charge is 2.22. The number of aliphatic hydroxyl groups is 1. The number of nitrogens with zero attached hydrogens (tertiary/aromatic N) is 3. The maximum Gasteiger partial charge on any atom is 0.175 e. The van der Waals surface area contributed by atoms with Crippen LogP contribution in [0.5, 0.6) is 0 Å². The molecule has 7 heteroatoms. The second-order valence-corrected chi connectivity index (χ2v) is 4.87. The minimum atomic E-state index is 0.0654. The zero-order valence-corrected chi connectivity index (χ0v) is 11.4. The molecule has 2 rings (SSSR count). The van der Waals surface area contributed by atoms with Crippen molar-refractivity contribution < 1.29 is 9.84 Å². The number of aliphatic hydroxyl groups excluding tert-OH is 1. The molecule has 0 amide bonds. The third-order valence-electron chi connectivity index (χ3n) is 2.93. The number of aromatic nitrogens is 2. The molecule has 1 aromatic rings. The number of anilines is 1. The van der Waals surface area contributed by atoms with Gasteiger partial charge in [-0.05, 0) is 12.8 Å². The van der Waals surface area contributed by atoms with Crippen molar-refractivity contribution in [3.05, 3.63) is 16.4 Å². The smallest absolute Gasteiger partial charge is 0.175 e. The third-order valence-corrected chi connectivity index (χ3v) is 3.38. The molecule has 100 valence electrons. The monoisotopic (exact) mass is 291 g/mol. The van der Waals surface area contributed by atoms with E-state index >= 15 is 0 Å². The number of ether oxygens (including phenoxy) is 1. The van der Waals surface area contributed by atoms with E-state index in [2.05, 4.69) is 15.1 Å². The molecule has 0 saturated carbocycles. The van der Waals surface area contributed by atoms with Gasteiger partial charge in [-0.15, -0.1) is 10.2 Å². The summed E-state index contributed by atoms with van der Waals surface area (Å²) < 4.78 is 5.51. The average molecular weight is 292 g/mol. The summed E-state index contributed by atoms with van der Waals surface area (Å²) in [5.74, 6) is 0. The van der Waals surface area contributed by atoms with E-state index in [0.717, 1.165) is 31.6 Å². The van der Waals surface area contributed by atoms with Gasteiger partial charge in [-0.25, -0.2) is 0 Å². The van der Waals surface area contributed by atoms with Crippen LogP contribution in [0.4, 0.5) is 5.69 Å². The van der Waals surface area contributed by atoms with E-state index in [1.54, 1.807) is 6.07 Å². The Morgan fingerprint density at radius 2 is 2.06 bits per heavy atom. The number of rotatable bonds is 4. The van der Waals surface area contributed by atoms with Crippen molar-refractivity contribution in [1.82, 2.24) is 10.2 Å². The molecule has 1 aromatic heterocycles. The van der Waals surface area contributed by atoms with Gasteiger partial charge in [0.15, 0.2) is 10.3 Å². The molecule has 0 radical (unpaired) electrons. The van der Waals surface area contributed by atoms with Crippen molar-refractivity contribution in [2.75, 3.05) is 31.2 Å². The molecule has 5 nitrogen and oxygen atoms in total. The van der Waals surface area contributed by atoms with Crippen LogP contribution in [0.1, 0.15) is 12.8 Å². The van der Waals surface area contributed by atoms with Crippen LogP contribution in [0.3, 0.4) is 0 Å². The first kappa shape index (κ1) is 13.8. The molecule has 0 aliphatic carbocycles. The molecular weight excluding hydrogens is 277 g/mol. The lowest BCUT2D eigenvalue weighted by atomic mass is 10.1. The SMILES string of the molecule is OCCOC1CCN(c2cc(Cl)nnc2Cl)CC1. The number of hydrogen-bond donors (Lipinski definition) is 1. The molecule has 1 aliphatic heterocycles. The average Bonchev–Trinajstić information content (AvgIpc) is 2.40. The summed E-state index contributed by atoms with van der Waals surface area (Å²) >= 11 is 11.8. The Bertz CT molecular complexity index is 398. The molecule has 0 unspecified atom stereocenters. The molecular formula is C11H15Cl2N3O2. The normalized spacial score (nSPS) is 17.2. The van der Waals surface area contributed by atoms with Gasteiger partial charge in [-0.2, -0.15) is 0 Å². The highest BCUT2D eigenvalue weighted by Crippen LogP contribution is 2.28. The Morgan fingerprint density at radius 3 is 2.72 bits per heavy atom. The van der Waals surface area contributed by atoms with Gasteiger partial charge in [0.2, 0.25) is 0 Å². The predicted molar refractivity (Wildman–Crippen MR) is 70.3 cm³/mol. The van der Waals surface area contributed by atoms with Crippen LogP contribution in [0.25, 0.3) is 0 Å². The van der Waals surface area contributed by atoms with Crippen LogP contribution in [0, 0.1) is 0 Å². The first-order valence-corrected chi connectivity index (χ1v) is 6.62. The first-order valence-electron chi connectivity index (χ1n) is 5.87. The van der Waals surface area contributed by atoms with E-state index in [9.17, 15) is 0 Å². The predicted octanol–water partition coefficient (Wildman–Crippen LogP) is 1.76. The topological polar surface area (TPSA) is 58.5 Å². The fraction of sp³-hybridized carbons (Fsp3) is 0.636. The van der Waals surface area contributed by atoms with Crippen molar-refractivity contribution in [3.8, 4) is 0 Å². The van der Waals surface area contributed by atoms with Gasteiger partial charge in [-0.1, -0.05) is 23.2 Å². The van der Waals surface area contributed by atoms with Crippen molar-refractivity contribution >= 4 is 28.9 Å². The molecule has 0 atom stereocenters. The fourth-order valence-electron chi connectivity index (χ4n) is 2.05. The Hall–Kier alpha value is -0.620. The molecule has 1 fully saturated rings. The van der Waals surface area contributed by atoms with Crippen molar-refractivity contribution in [2.24, 2.45) is 0 Å². The number of halogens is 2. The molecule has 0 bridgehead atoms. The van der Waals surface area contributed by atoms with E-state index in [0.29, 0.717) is 16.9 Å². The van der Waals surface area contributed by atoms with Crippen LogP contribution in [-0.4, -0.2) is 47.7 Å². The number of piperidine rings is 1. The maximum atomic E-state index is 8.71. The Morgan fingerprint density at radius 1 is 1.33 bits per heavy atom. The Balaban J connectivity index is 1.94. The summed E-state index contributed by atoms with van der Waals surface area (Å²) in [6.07, 6.45) is 2.00. The molecule has 0 spiro atoms. The second-order valence-electron chi connectivity index (χ2n) is 4.12. The van der Waals surface area contributed by atoms with E-state index in [4.69, 9.17) is 33.0 Å². The van der Waals surface area contributed by atoms with E-state index in [1.165, 1.54) is 0 Å². The molecule has 1 saturated heterocycles. The molecule has 0 aromatic carbocycles. The largest absolute Gasteiger partial charge is 0.394 e. The van der Waals surface area contributed by atoms with Crippen LogP contribution in [-0.2, 0) is 4.74 Å². The second kappa shape index (κ2) is 6.52. The summed E-state index contributed by atoms with van der Waals surface area (Å²) in [5.41, 5.74) is 0.817. The van der Waals surface area contributed by atoms with E-state index < -0.39 is 0 Å². The van der Waals surface area contributed by atoms with Gasteiger partial charge in [0.05, 0.1) is 25.0 Å². The Labute approximate surface area is 116 Å². The zero-order valence-electron chi connectivity index (χ0n) is 9.85. The quantitative estimate of drug-likeness (QED) is 0.916. The van der Waals surface area contributed by atoms with Crippen molar-refractivity contribution in [3.63, 3.8) is 0 Å². The minimum Gasteiger partial charge on any atom is -0.394 e. The summed E-state index contributed by atoms with van der Waals surface area (Å²) in [5, 5.41) is 16.9. The summed E-state index contributed by atoms with van der Waals surface area (Å²) in [6, 6.07) is 1.73. The maximum absolute atomic E-state index is 8.71. The Kier molecular flexibility index (Phi) is 5.00. The first-order chi connectivity index (χ1) is 8.70. The van der Waals surface area contributed by atoms with Gasteiger partial charge in [0.25, 0.3) is 0 Å².